The average Bonchev–Trinajstić information content (AvgIpc) is 3.47. The number of carbonyl (C=O) groups excluding carboxylic acids is 1. The Hall–Kier alpha value is -2.88. The first-order valence-corrected chi connectivity index (χ1v) is 11.4. The molecule has 10 heteroatoms. The lowest BCUT2D eigenvalue weighted by Gasteiger charge is -2.11. The summed E-state index contributed by atoms with van der Waals surface area (Å²) in [5.41, 5.74) is 2.57. The number of nitrogens with one attached hydrogen (secondary N) is 1. The molecule has 0 aromatic carbocycles. The van der Waals surface area contributed by atoms with Crippen LogP contribution in [0.1, 0.15) is 47.1 Å². The summed E-state index contributed by atoms with van der Waals surface area (Å²) in [5.74, 6) is 0.571. The fourth-order valence-electron chi connectivity index (χ4n) is 4.02. The number of aryl methyl sites for hydroxylation is 1. The Morgan fingerprint density at radius 3 is 2.90 bits per heavy atom. The SMILES string of the molecule is O=C(Nc1onc2c1CCCC2)c1cc(-c2ccco2)n(C2CCS(=O)(=O)C2)n1. The largest absolute Gasteiger partial charge is 0.463 e. The maximum Gasteiger partial charge on any atom is 0.278 e. The summed E-state index contributed by atoms with van der Waals surface area (Å²) >= 11 is 0. The molecule has 9 nitrogen and oxygen atoms in total. The molecule has 0 radical (unpaired) electrons. The Labute approximate surface area is 167 Å². The van der Waals surface area contributed by atoms with Crippen molar-refractivity contribution in [1.29, 1.82) is 0 Å². The molecule has 5 rings (SSSR count). The van der Waals surface area contributed by atoms with Crippen LogP contribution in [-0.2, 0) is 22.7 Å². The lowest BCUT2D eigenvalue weighted by Crippen LogP contribution is -2.17. The highest BCUT2D eigenvalue weighted by Crippen LogP contribution is 2.31. The van der Waals surface area contributed by atoms with Gasteiger partial charge < -0.3 is 8.94 Å². The molecule has 0 spiro atoms. The van der Waals surface area contributed by atoms with Crippen LogP contribution in [0.2, 0.25) is 0 Å². The van der Waals surface area contributed by atoms with Gasteiger partial charge in [-0.05, 0) is 44.2 Å². The second kappa shape index (κ2) is 6.87. The van der Waals surface area contributed by atoms with Crippen LogP contribution >= 0.6 is 0 Å². The highest BCUT2D eigenvalue weighted by Gasteiger charge is 2.33. The van der Waals surface area contributed by atoms with E-state index in [1.54, 1.807) is 22.9 Å². The molecule has 1 aliphatic carbocycles. The van der Waals surface area contributed by atoms with Crippen molar-refractivity contribution in [2.45, 2.75) is 38.1 Å². The second-order valence-corrected chi connectivity index (χ2v) is 9.72. The highest BCUT2D eigenvalue weighted by molar-refractivity contribution is 7.91. The molecule has 1 N–H and O–H groups in total. The van der Waals surface area contributed by atoms with Gasteiger partial charge in [0.2, 0.25) is 5.88 Å². The summed E-state index contributed by atoms with van der Waals surface area (Å²) in [6, 6.07) is 4.77. The Kier molecular flexibility index (Phi) is 4.30. The van der Waals surface area contributed by atoms with Gasteiger partial charge in [0, 0.05) is 11.6 Å². The number of rotatable bonds is 4. The van der Waals surface area contributed by atoms with Gasteiger partial charge in [0.05, 0.1) is 29.5 Å². The predicted molar refractivity (Wildman–Crippen MR) is 103 cm³/mol. The van der Waals surface area contributed by atoms with Gasteiger partial charge in [-0.2, -0.15) is 5.10 Å². The van der Waals surface area contributed by atoms with Crippen molar-refractivity contribution in [3.63, 3.8) is 0 Å². The van der Waals surface area contributed by atoms with Crippen molar-refractivity contribution < 1.29 is 22.2 Å². The van der Waals surface area contributed by atoms with Crippen molar-refractivity contribution in [3.05, 3.63) is 41.4 Å². The number of amides is 1. The van der Waals surface area contributed by atoms with E-state index < -0.39 is 15.7 Å². The molecule has 1 amide bonds. The van der Waals surface area contributed by atoms with Crippen LogP contribution in [0.25, 0.3) is 11.5 Å². The van der Waals surface area contributed by atoms with Gasteiger partial charge in [-0.3, -0.25) is 14.8 Å². The zero-order chi connectivity index (χ0) is 20.0. The van der Waals surface area contributed by atoms with Gasteiger partial charge in [0.25, 0.3) is 5.91 Å². The Balaban J connectivity index is 1.46. The van der Waals surface area contributed by atoms with E-state index in [4.69, 9.17) is 8.94 Å². The number of aromatic nitrogens is 3. The normalized spacial score (nSPS) is 20.5. The fraction of sp³-hybridized carbons (Fsp3) is 0.421. The smallest absolute Gasteiger partial charge is 0.278 e. The molecule has 152 valence electrons. The summed E-state index contributed by atoms with van der Waals surface area (Å²) in [7, 11) is -3.11. The Morgan fingerprint density at radius 1 is 1.28 bits per heavy atom. The molecule has 0 bridgehead atoms. The zero-order valence-electron chi connectivity index (χ0n) is 15.6. The van der Waals surface area contributed by atoms with Crippen molar-refractivity contribution in [2.75, 3.05) is 16.8 Å². The lowest BCUT2D eigenvalue weighted by atomic mass is 9.98. The summed E-state index contributed by atoms with van der Waals surface area (Å²) in [6.45, 7) is 0. The minimum absolute atomic E-state index is 0.000933. The molecule has 2 aliphatic rings. The first kappa shape index (κ1) is 18.2. The van der Waals surface area contributed by atoms with Crippen molar-refractivity contribution in [3.8, 4) is 11.5 Å². The van der Waals surface area contributed by atoms with E-state index in [-0.39, 0.29) is 23.2 Å². The Bertz CT molecular complexity index is 1160. The highest BCUT2D eigenvalue weighted by atomic mass is 32.2. The van der Waals surface area contributed by atoms with Crippen LogP contribution in [0.5, 0.6) is 0 Å². The number of sulfone groups is 1. The number of nitrogens with zero attached hydrogens (tertiary/aromatic N) is 3. The molecular weight excluding hydrogens is 396 g/mol. The summed E-state index contributed by atoms with van der Waals surface area (Å²) in [5, 5.41) is 11.2. The number of anilines is 1. The molecule has 1 saturated heterocycles. The molecule has 1 fully saturated rings. The van der Waals surface area contributed by atoms with E-state index in [1.165, 1.54) is 6.26 Å². The summed E-state index contributed by atoms with van der Waals surface area (Å²) < 4.78 is 36.3. The zero-order valence-corrected chi connectivity index (χ0v) is 16.4. The third kappa shape index (κ3) is 3.37. The van der Waals surface area contributed by atoms with E-state index >= 15 is 0 Å². The van der Waals surface area contributed by atoms with E-state index in [2.05, 4.69) is 15.6 Å². The molecule has 1 atom stereocenters. The van der Waals surface area contributed by atoms with Crippen molar-refractivity contribution in [1.82, 2.24) is 14.9 Å². The quantitative estimate of drug-likeness (QED) is 0.694. The molecule has 3 aromatic rings. The van der Waals surface area contributed by atoms with Crippen LogP contribution < -0.4 is 5.32 Å². The summed E-state index contributed by atoms with van der Waals surface area (Å²) in [4.78, 5) is 12.9. The van der Waals surface area contributed by atoms with Gasteiger partial charge in [-0.15, -0.1) is 0 Å². The number of furan rings is 1. The van der Waals surface area contributed by atoms with E-state index in [0.717, 1.165) is 36.9 Å². The first-order valence-electron chi connectivity index (χ1n) is 9.63. The number of hydrogen-bond acceptors (Lipinski definition) is 7. The molecular formula is C19H20N4O5S. The average molecular weight is 416 g/mol. The van der Waals surface area contributed by atoms with Crippen molar-refractivity contribution in [2.24, 2.45) is 0 Å². The third-order valence-electron chi connectivity index (χ3n) is 5.48. The molecule has 29 heavy (non-hydrogen) atoms. The molecule has 1 aliphatic heterocycles. The minimum atomic E-state index is -3.11. The number of hydrogen-bond donors (Lipinski definition) is 1. The van der Waals surface area contributed by atoms with Gasteiger partial charge in [-0.25, -0.2) is 8.42 Å². The first-order chi connectivity index (χ1) is 14.0. The van der Waals surface area contributed by atoms with Crippen LogP contribution in [0.15, 0.2) is 33.4 Å². The van der Waals surface area contributed by atoms with E-state index in [0.29, 0.717) is 23.8 Å². The Morgan fingerprint density at radius 2 is 2.14 bits per heavy atom. The van der Waals surface area contributed by atoms with Crippen LogP contribution in [0.4, 0.5) is 5.88 Å². The fourth-order valence-corrected chi connectivity index (χ4v) is 5.71. The molecule has 1 unspecified atom stereocenters. The number of carbonyl (C=O) groups is 1. The van der Waals surface area contributed by atoms with Crippen LogP contribution in [-0.4, -0.2) is 40.8 Å². The van der Waals surface area contributed by atoms with Gasteiger partial charge >= 0.3 is 0 Å². The van der Waals surface area contributed by atoms with Gasteiger partial charge in [0.15, 0.2) is 21.3 Å². The topological polar surface area (TPSA) is 120 Å². The maximum absolute atomic E-state index is 12.9. The van der Waals surface area contributed by atoms with Gasteiger partial charge in [-0.1, -0.05) is 5.16 Å². The summed E-state index contributed by atoms with van der Waals surface area (Å²) in [6.07, 6.45) is 5.74. The van der Waals surface area contributed by atoms with Crippen LogP contribution in [0, 0.1) is 0 Å². The standard InChI is InChI=1S/C19H20N4O5S/c24-18(20-19-13-4-1-2-5-14(13)22-28-19)15-10-16(17-6-3-8-27-17)23(21-15)12-7-9-29(25,26)11-12/h3,6,8,10,12H,1-2,4-5,7,9,11H2,(H,20,24). The predicted octanol–water partition coefficient (Wildman–Crippen LogP) is 2.62. The van der Waals surface area contributed by atoms with E-state index in [9.17, 15) is 13.2 Å². The number of fused-ring (bicyclic) bond motifs is 1. The molecule has 3 aromatic heterocycles. The maximum atomic E-state index is 12.9. The van der Waals surface area contributed by atoms with Crippen LogP contribution in [0.3, 0.4) is 0 Å². The molecule has 0 saturated carbocycles. The second-order valence-electron chi connectivity index (χ2n) is 7.49. The lowest BCUT2D eigenvalue weighted by molar-refractivity contribution is 0.101. The van der Waals surface area contributed by atoms with Crippen molar-refractivity contribution >= 4 is 21.6 Å². The third-order valence-corrected chi connectivity index (χ3v) is 7.23. The molecule has 4 heterocycles. The monoisotopic (exact) mass is 416 g/mol. The van der Waals surface area contributed by atoms with E-state index in [1.807, 2.05) is 0 Å². The van der Waals surface area contributed by atoms with Gasteiger partial charge in [0.1, 0.15) is 5.69 Å². The minimum Gasteiger partial charge on any atom is -0.463 e.